The Morgan fingerprint density at radius 3 is 2.72 bits per heavy atom. The third kappa shape index (κ3) is 3.12. The monoisotopic (exact) mass is 246 g/mol. The first kappa shape index (κ1) is 14.3. The molecule has 5 heteroatoms. The Hall–Kier alpha value is -1.78. The van der Waals surface area contributed by atoms with Crippen molar-refractivity contribution in [3.05, 3.63) is 36.0 Å². The van der Waals surface area contributed by atoms with Crippen molar-refractivity contribution in [2.45, 2.75) is 25.8 Å². The van der Waals surface area contributed by atoms with E-state index in [-0.39, 0.29) is 17.9 Å². The van der Waals surface area contributed by atoms with Gasteiger partial charge in [0.15, 0.2) is 0 Å². The standard InChI is InChI=1S/C13H19BN2O2/c1-4-6-9(14)10(5-2)16(3)11-7-8-12(17)15-13(11)18/h4-6,11H,2,7-8,14H2,1,3H3,(H,15,17,18)/b6-4-,10-9-. The summed E-state index contributed by atoms with van der Waals surface area (Å²) in [5.41, 5.74) is 1.95. The summed E-state index contributed by atoms with van der Waals surface area (Å²) >= 11 is 0. The molecule has 0 aromatic heterocycles. The van der Waals surface area contributed by atoms with Crippen LogP contribution in [0.3, 0.4) is 0 Å². The number of likely N-dealkylation sites (N-methyl/N-ethyl adjacent to an activating group) is 1. The summed E-state index contributed by atoms with van der Waals surface area (Å²) in [5, 5.41) is 2.37. The van der Waals surface area contributed by atoms with Crippen LogP contribution in [0.2, 0.25) is 0 Å². The second kappa shape index (κ2) is 6.24. The summed E-state index contributed by atoms with van der Waals surface area (Å²) in [6.45, 7) is 5.73. The minimum absolute atomic E-state index is 0.195. The maximum atomic E-state index is 11.8. The Morgan fingerprint density at radius 1 is 1.56 bits per heavy atom. The van der Waals surface area contributed by atoms with Crippen molar-refractivity contribution in [1.82, 2.24) is 10.2 Å². The zero-order valence-electron chi connectivity index (χ0n) is 11.2. The molecule has 96 valence electrons. The van der Waals surface area contributed by atoms with E-state index in [1.807, 2.05) is 38.9 Å². The van der Waals surface area contributed by atoms with E-state index in [0.717, 1.165) is 11.2 Å². The Morgan fingerprint density at radius 2 is 2.22 bits per heavy atom. The predicted octanol–water partition coefficient (Wildman–Crippen LogP) is 0.330. The Kier molecular flexibility index (Phi) is 4.95. The van der Waals surface area contributed by atoms with E-state index in [9.17, 15) is 9.59 Å². The van der Waals surface area contributed by atoms with Gasteiger partial charge in [0, 0.05) is 19.2 Å². The average molecular weight is 246 g/mol. The normalized spacial score (nSPS) is 21.6. The van der Waals surface area contributed by atoms with Crippen molar-refractivity contribution in [1.29, 1.82) is 0 Å². The second-order valence-corrected chi connectivity index (χ2v) is 4.35. The lowest BCUT2D eigenvalue weighted by molar-refractivity contribution is -0.136. The van der Waals surface area contributed by atoms with Gasteiger partial charge in [-0.3, -0.25) is 14.9 Å². The van der Waals surface area contributed by atoms with Gasteiger partial charge in [-0.05, 0) is 19.4 Å². The number of carbonyl (C=O) groups is 2. The average Bonchev–Trinajstić information content (AvgIpc) is 2.29. The first-order valence-electron chi connectivity index (χ1n) is 6.03. The highest BCUT2D eigenvalue weighted by atomic mass is 16.2. The summed E-state index contributed by atoms with van der Waals surface area (Å²) in [4.78, 5) is 24.8. The van der Waals surface area contributed by atoms with E-state index in [1.54, 1.807) is 6.08 Å². The number of rotatable bonds is 4. The molecule has 0 spiro atoms. The molecular formula is C13H19BN2O2. The number of nitrogens with one attached hydrogen (secondary N) is 1. The quantitative estimate of drug-likeness (QED) is 0.442. The van der Waals surface area contributed by atoms with Gasteiger partial charge in [-0.15, -0.1) is 0 Å². The summed E-state index contributed by atoms with van der Waals surface area (Å²) in [6.07, 6.45) is 6.57. The molecule has 1 aliphatic rings. The molecule has 0 aromatic carbocycles. The molecular weight excluding hydrogens is 227 g/mol. The van der Waals surface area contributed by atoms with Crippen LogP contribution in [0, 0.1) is 0 Å². The third-order valence-corrected chi connectivity index (χ3v) is 3.07. The molecule has 1 fully saturated rings. The lowest BCUT2D eigenvalue weighted by Gasteiger charge is -2.32. The molecule has 1 aliphatic heterocycles. The van der Waals surface area contributed by atoms with Crippen LogP contribution in [0.1, 0.15) is 19.8 Å². The SMILES string of the molecule is BC(/C=C\C)=C(/C=C)N(C)C1CCC(=O)NC1=O. The van der Waals surface area contributed by atoms with Crippen LogP contribution in [-0.4, -0.2) is 37.7 Å². The molecule has 2 amide bonds. The van der Waals surface area contributed by atoms with E-state index in [4.69, 9.17) is 0 Å². The summed E-state index contributed by atoms with van der Waals surface area (Å²) in [5.74, 6) is -0.430. The highest BCUT2D eigenvalue weighted by Gasteiger charge is 2.30. The van der Waals surface area contributed by atoms with Crippen LogP contribution >= 0.6 is 0 Å². The first-order chi connectivity index (χ1) is 8.51. The number of carbonyl (C=O) groups excluding carboxylic acids is 2. The van der Waals surface area contributed by atoms with Gasteiger partial charge < -0.3 is 4.90 Å². The number of nitrogens with zero attached hydrogens (tertiary/aromatic N) is 1. The minimum Gasteiger partial charge on any atom is -0.363 e. The molecule has 1 rings (SSSR count). The van der Waals surface area contributed by atoms with Gasteiger partial charge in [-0.25, -0.2) is 0 Å². The Balaban J connectivity index is 2.94. The zero-order chi connectivity index (χ0) is 13.7. The third-order valence-electron chi connectivity index (χ3n) is 3.07. The molecule has 0 saturated carbocycles. The van der Waals surface area contributed by atoms with E-state index < -0.39 is 0 Å². The van der Waals surface area contributed by atoms with Crippen LogP contribution in [0.4, 0.5) is 0 Å². The van der Waals surface area contributed by atoms with E-state index in [2.05, 4.69) is 11.9 Å². The molecule has 0 aromatic rings. The zero-order valence-corrected chi connectivity index (χ0v) is 11.2. The molecule has 18 heavy (non-hydrogen) atoms. The number of amides is 2. The Labute approximate surface area is 109 Å². The minimum atomic E-state index is -0.309. The summed E-state index contributed by atoms with van der Waals surface area (Å²) in [7, 11) is 3.82. The van der Waals surface area contributed by atoms with Crippen LogP contribution in [0.25, 0.3) is 0 Å². The van der Waals surface area contributed by atoms with Gasteiger partial charge in [0.05, 0.1) is 0 Å². The molecule has 0 bridgehead atoms. The number of imide groups is 1. The number of hydrogen-bond donors (Lipinski definition) is 1. The van der Waals surface area contributed by atoms with Gasteiger partial charge in [0.25, 0.3) is 0 Å². The van der Waals surface area contributed by atoms with Crippen molar-refractivity contribution in [3.8, 4) is 0 Å². The smallest absolute Gasteiger partial charge is 0.249 e. The fourth-order valence-electron chi connectivity index (χ4n) is 2.14. The predicted molar refractivity (Wildman–Crippen MR) is 74.5 cm³/mol. The molecule has 0 aliphatic carbocycles. The fraction of sp³-hybridized carbons (Fsp3) is 0.385. The van der Waals surface area contributed by atoms with Crippen molar-refractivity contribution >= 4 is 19.7 Å². The second-order valence-electron chi connectivity index (χ2n) is 4.35. The summed E-state index contributed by atoms with van der Waals surface area (Å²) in [6, 6.07) is -0.309. The highest BCUT2D eigenvalue weighted by Crippen LogP contribution is 2.18. The van der Waals surface area contributed by atoms with Crippen LogP contribution in [0.5, 0.6) is 0 Å². The van der Waals surface area contributed by atoms with E-state index in [1.165, 1.54) is 0 Å². The maximum absolute atomic E-state index is 11.8. The van der Waals surface area contributed by atoms with Gasteiger partial charge >= 0.3 is 0 Å². The van der Waals surface area contributed by atoms with Crippen LogP contribution < -0.4 is 5.32 Å². The molecule has 1 N–H and O–H groups in total. The summed E-state index contributed by atoms with van der Waals surface area (Å²) < 4.78 is 0. The molecule has 0 radical (unpaired) electrons. The largest absolute Gasteiger partial charge is 0.363 e. The topological polar surface area (TPSA) is 49.4 Å². The lowest BCUT2D eigenvalue weighted by atomic mass is 9.91. The van der Waals surface area contributed by atoms with Gasteiger partial charge in [0.2, 0.25) is 11.8 Å². The first-order valence-corrected chi connectivity index (χ1v) is 6.03. The maximum Gasteiger partial charge on any atom is 0.249 e. The number of hydrogen-bond acceptors (Lipinski definition) is 3. The van der Waals surface area contributed by atoms with Gasteiger partial charge in [-0.2, -0.15) is 0 Å². The van der Waals surface area contributed by atoms with Crippen molar-refractivity contribution < 1.29 is 9.59 Å². The van der Waals surface area contributed by atoms with Crippen molar-refractivity contribution in [2.24, 2.45) is 0 Å². The molecule has 1 heterocycles. The lowest BCUT2D eigenvalue weighted by Crippen LogP contribution is -2.50. The Bertz CT molecular complexity index is 427. The van der Waals surface area contributed by atoms with Gasteiger partial charge in [-0.1, -0.05) is 24.2 Å². The number of piperidine rings is 1. The van der Waals surface area contributed by atoms with Gasteiger partial charge in [0.1, 0.15) is 13.9 Å². The molecule has 1 saturated heterocycles. The highest BCUT2D eigenvalue weighted by molar-refractivity contribution is 6.24. The van der Waals surface area contributed by atoms with Crippen LogP contribution in [0.15, 0.2) is 36.0 Å². The van der Waals surface area contributed by atoms with Crippen LogP contribution in [-0.2, 0) is 9.59 Å². The molecule has 4 nitrogen and oxygen atoms in total. The van der Waals surface area contributed by atoms with Crippen molar-refractivity contribution in [2.75, 3.05) is 7.05 Å². The fourth-order valence-corrected chi connectivity index (χ4v) is 2.14. The molecule has 1 unspecified atom stereocenters. The number of allylic oxidation sites excluding steroid dienone is 4. The van der Waals surface area contributed by atoms with E-state index >= 15 is 0 Å². The molecule has 1 atom stereocenters. The van der Waals surface area contributed by atoms with Crippen molar-refractivity contribution in [3.63, 3.8) is 0 Å². The van der Waals surface area contributed by atoms with E-state index in [0.29, 0.717) is 12.8 Å².